The lowest BCUT2D eigenvalue weighted by Gasteiger charge is -2.30. The molecule has 0 aliphatic carbocycles. The summed E-state index contributed by atoms with van der Waals surface area (Å²) in [6.07, 6.45) is 0.700. The minimum Gasteiger partial charge on any atom is -0.393 e. The van der Waals surface area contributed by atoms with Gasteiger partial charge in [0.2, 0.25) is 5.91 Å². The summed E-state index contributed by atoms with van der Waals surface area (Å²) in [5.74, 6) is 0.0226. The Morgan fingerprint density at radius 1 is 1.45 bits per heavy atom. The van der Waals surface area contributed by atoms with Gasteiger partial charge in [-0.3, -0.25) is 9.69 Å². The third-order valence-corrected chi connectivity index (χ3v) is 3.41. The molecule has 1 unspecified atom stereocenters. The van der Waals surface area contributed by atoms with Crippen molar-refractivity contribution < 1.29 is 14.6 Å². The molecular weight excluding hydrogens is 258 g/mol. The van der Waals surface area contributed by atoms with E-state index >= 15 is 0 Å². The highest BCUT2D eigenvalue weighted by atomic mass is 16.5. The van der Waals surface area contributed by atoms with E-state index in [0.29, 0.717) is 32.4 Å². The van der Waals surface area contributed by atoms with Gasteiger partial charge in [0.1, 0.15) is 0 Å². The molecule has 1 amide bonds. The molecule has 0 aromatic carbocycles. The third-order valence-electron chi connectivity index (χ3n) is 3.41. The molecule has 1 rings (SSSR count). The Bertz CT molecular complexity index is 322. The molecule has 0 aromatic heterocycles. The van der Waals surface area contributed by atoms with Crippen molar-refractivity contribution in [3.8, 4) is 6.07 Å². The summed E-state index contributed by atoms with van der Waals surface area (Å²) < 4.78 is 5.29. The van der Waals surface area contributed by atoms with E-state index in [1.165, 1.54) is 0 Å². The number of rotatable bonds is 8. The molecule has 6 heteroatoms. The number of nitriles is 1. The molecule has 0 radical (unpaired) electrons. The Hall–Kier alpha value is -1.16. The smallest absolute Gasteiger partial charge is 0.222 e. The molecule has 1 saturated heterocycles. The zero-order chi connectivity index (χ0) is 14.8. The molecule has 1 atom stereocenters. The van der Waals surface area contributed by atoms with Gasteiger partial charge in [-0.2, -0.15) is 5.26 Å². The first-order valence-electron chi connectivity index (χ1n) is 7.26. The summed E-state index contributed by atoms with van der Waals surface area (Å²) in [5.41, 5.74) is 0. The maximum Gasteiger partial charge on any atom is 0.222 e. The molecule has 1 fully saturated rings. The van der Waals surface area contributed by atoms with Gasteiger partial charge in [0.15, 0.2) is 0 Å². The van der Waals surface area contributed by atoms with Crippen LogP contribution in [0.25, 0.3) is 0 Å². The lowest BCUT2D eigenvalue weighted by molar-refractivity contribution is -0.132. The van der Waals surface area contributed by atoms with Crippen molar-refractivity contribution in [2.24, 2.45) is 0 Å². The number of aliphatic hydroxyl groups is 1. The van der Waals surface area contributed by atoms with Gasteiger partial charge in [-0.15, -0.1) is 0 Å². The van der Waals surface area contributed by atoms with Crippen LogP contribution in [0.5, 0.6) is 0 Å². The van der Waals surface area contributed by atoms with Crippen molar-refractivity contribution in [1.82, 2.24) is 9.80 Å². The zero-order valence-electron chi connectivity index (χ0n) is 12.3. The number of amides is 1. The van der Waals surface area contributed by atoms with Gasteiger partial charge in [0.25, 0.3) is 0 Å². The summed E-state index contributed by atoms with van der Waals surface area (Å²) in [5, 5.41) is 17.9. The number of carbonyl (C=O) groups excluding carboxylic acids is 1. The number of nitrogens with zero attached hydrogens (tertiary/aromatic N) is 3. The second kappa shape index (κ2) is 9.70. The molecule has 6 nitrogen and oxygen atoms in total. The highest BCUT2D eigenvalue weighted by Gasteiger charge is 2.16. The second-order valence-corrected chi connectivity index (χ2v) is 5.13. The SMILES string of the molecule is CC(O)CCC(=O)N(CCC#N)CCN1CCOCC1. The minimum atomic E-state index is -0.462. The van der Waals surface area contributed by atoms with Crippen molar-refractivity contribution in [2.45, 2.75) is 32.3 Å². The van der Waals surface area contributed by atoms with Gasteiger partial charge >= 0.3 is 0 Å². The number of hydrogen-bond acceptors (Lipinski definition) is 5. The topological polar surface area (TPSA) is 76.8 Å². The number of hydrogen-bond donors (Lipinski definition) is 1. The molecule has 1 N–H and O–H groups in total. The van der Waals surface area contributed by atoms with Crippen LogP contribution in [-0.4, -0.2) is 72.9 Å². The molecule has 0 saturated carbocycles. The van der Waals surface area contributed by atoms with Gasteiger partial charge in [0.05, 0.1) is 31.8 Å². The third kappa shape index (κ3) is 6.85. The predicted molar refractivity (Wildman–Crippen MR) is 75.0 cm³/mol. The lowest BCUT2D eigenvalue weighted by Crippen LogP contribution is -2.43. The van der Waals surface area contributed by atoms with Gasteiger partial charge < -0.3 is 14.7 Å². The number of aliphatic hydroxyl groups excluding tert-OH is 1. The van der Waals surface area contributed by atoms with Crippen LogP contribution in [0.3, 0.4) is 0 Å². The minimum absolute atomic E-state index is 0.0226. The monoisotopic (exact) mass is 283 g/mol. The van der Waals surface area contributed by atoms with Crippen molar-refractivity contribution in [3.05, 3.63) is 0 Å². The van der Waals surface area contributed by atoms with Crippen molar-refractivity contribution >= 4 is 5.91 Å². The largest absolute Gasteiger partial charge is 0.393 e. The van der Waals surface area contributed by atoms with E-state index < -0.39 is 6.10 Å². The van der Waals surface area contributed by atoms with Gasteiger partial charge in [0, 0.05) is 39.1 Å². The van der Waals surface area contributed by atoms with Gasteiger partial charge in [-0.25, -0.2) is 0 Å². The Kier molecular flexibility index (Phi) is 8.19. The molecule has 0 bridgehead atoms. The first-order chi connectivity index (χ1) is 9.63. The highest BCUT2D eigenvalue weighted by molar-refractivity contribution is 5.76. The molecule has 1 aliphatic heterocycles. The van der Waals surface area contributed by atoms with E-state index in [0.717, 1.165) is 32.8 Å². The number of morpholine rings is 1. The van der Waals surface area contributed by atoms with Crippen LogP contribution in [0.4, 0.5) is 0 Å². The normalized spacial score (nSPS) is 17.4. The highest BCUT2D eigenvalue weighted by Crippen LogP contribution is 2.04. The average molecular weight is 283 g/mol. The Morgan fingerprint density at radius 2 is 2.15 bits per heavy atom. The molecule has 0 spiro atoms. The van der Waals surface area contributed by atoms with Crippen LogP contribution in [0.15, 0.2) is 0 Å². The van der Waals surface area contributed by atoms with Crippen molar-refractivity contribution in [2.75, 3.05) is 45.9 Å². The fourth-order valence-electron chi connectivity index (χ4n) is 2.12. The fourth-order valence-corrected chi connectivity index (χ4v) is 2.12. The summed E-state index contributed by atoms with van der Waals surface area (Å²) in [4.78, 5) is 16.1. The second-order valence-electron chi connectivity index (χ2n) is 5.13. The van der Waals surface area contributed by atoms with Crippen LogP contribution in [0, 0.1) is 11.3 Å². The molecule has 1 aliphatic rings. The lowest BCUT2D eigenvalue weighted by atomic mass is 10.2. The van der Waals surface area contributed by atoms with E-state index in [1.54, 1.807) is 11.8 Å². The van der Waals surface area contributed by atoms with E-state index in [1.807, 2.05) is 0 Å². The van der Waals surface area contributed by atoms with Crippen LogP contribution in [0.1, 0.15) is 26.2 Å². The summed E-state index contributed by atoms with van der Waals surface area (Å²) in [6.45, 7) is 6.89. The van der Waals surface area contributed by atoms with E-state index in [9.17, 15) is 9.90 Å². The van der Waals surface area contributed by atoms with E-state index in [2.05, 4.69) is 11.0 Å². The van der Waals surface area contributed by atoms with E-state index in [4.69, 9.17) is 10.00 Å². The summed E-state index contributed by atoms with van der Waals surface area (Å²) in [7, 11) is 0. The Labute approximate surface area is 120 Å². The first kappa shape index (κ1) is 16.9. The van der Waals surface area contributed by atoms with Crippen LogP contribution < -0.4 is 0 Å². The number of ether oxygens (including phenoxy) is 1. The molecule has 114 valence electrons. The molecule has 20 heavy (non-hydrogen) atoms. The van der Waals surface area contributed by atoms with Gasteiger partial charge in [-0.05, 0) is 13.3 Å². The van der Waals surface area contributed by atoms with Gasteiger partial charge in [-0.1, -0.05) is 0 Å². The average Bonchev–Trinajstić information content (AvgIpc) is 2.46. The Morgan fingerprint density at radius 3 is 2.75 bits per heavy atom. The first-order valence-corrected chi connectivity index (χ1v) is 7.26. The fraction of sp³-hybridized carbons (Fsp3) is 0.857. The van der Waals surface area contributed by atoms with Crippen LogP contribution in [0.2, 0.25) is 0 Å². The quantitative estimate of drug-likeness (QED) is 0.689. The standard InChI is InChI=1S/C14H25N3O3/c1-13(18)3-4-14(19)17(6-2-5-15)8-7-16-9-11-20-12-10-16/h13,18H,2-4,6-12H2,1H3. The number of carbonyl (C=O) groups is 1. The van der Waals surface area contributed by atoms with Crippen LogP contribution in [-0.2, 0) is 9.53 Å². The van der Waals surface area contributed by atoms with Crippen LogP contribution >= 0.6 is 0 Å². The molecule has 0 aromatic rings. The molecular formula is C14H25N3O3. The molecule has 1 heterocycles. The summed E-state index contributed by atoms with van der Waals surface area (Å²) >= 11 is 0. The zero-order valence-corrected chi connectivity index (χ0v) is 12.3. The predicted octanol–water partition coefficient (Wildman–Crippen LogP) is 0.222. The summed E-state index contributed by atoms with van der Waals surface area (Å²) in [6, 6.07) is 2.08. The Balaban J connectivity index is 2.37. The maximum atomic E-state index is 12.1. The van der Waals surface area contributed by atoms with E-state index in [-0.39, 0.29) is 5.91 Å². The van der Waals surface area contributed by atoms with Crippen molar-refractivity contribution in [1.29, 1.82) is 5.26 Å². The maximum absolute atomic E-state index is 12.1. The van der Waals surface area contributed by atoms with Crippen molar-refractivity contribution in [3.63, 3.8) is 0 Å².